The molecule has 0 spiro atoms. The maximum absolute atomic E-state index is 12.4. The van der Waals surface area contributed by atoms with Gasteiger partial charge >= 0.3 is 5.69 Å². The van der Waals surface area contributed by atoms with Gasteiger partial charge in [-0.25, -0.2) is 0 Å². The number of hydrogen-bond acceptors (Lipinski definition) is 7. The van der Waals surface area contributed by atoms with Crippen LogP contribution in [0.15, 0.2) is 39.3 Å². The Kier molecular flexibility index (Phi) is 7.49. The maximum atomic E-state index is 12.4. The monoisotopic (exact) mass is 515 g/mol. The molecule has 0 unspecified atom stereocenters. The molecule has 33 heavy (non-hydrogen) atoms. The number of benzene rings is 2. The molecule has 0 aliphatic carbocycles. The van der Waals surface area contributed by atoms with E-state index in [2.05, 4.69) is 26.4 Å². The number of aryl methyl sites for hydroxylation is 3. The van der Waals surface area contributed by atoms with Crippen molar-refractivity contribution in [2.24, 2.45) is 0 Å². The van der Waals surface area contributed by atoms with Gasteiger partial charge in [-0.3, -0.25) is 14.9 Å². The first-order valence-electron chi connectivity index (χ1n) is 9.85. The third-order valence-electron chi connectivity index (χ3n) is 4.87. The summed E-state index contributed by atoms with van der Waals surface area (Å²) in [6.07, 6.45) is 3.09. The molecule has 1 amide bonds. The lowest BCUT2D eigenvalue weighted by molar-refractivity contribution is -0.386. The first kappa shape index (κ1) is 24.0. The Morgan fingerprint density at radius 2 is 1.91 bits per heavy atom. The Bertz CT molecular complexity index is 1240. The molecular weight excluding hydrogens is 494 g/mol. The number of carbonyl (C=O) groups excluding carboxylic acids is 1. The van der Waals surface area contributed by atoms with Crippen molar-refractivity contribution in [3.8, 4) is 11.5 Å². The molecule has 0 atom stereocenters. The van der Waals surface area contributed by atoms with E-state index in [1.54, 1.807) is 24.3 Å². The molecule has 172 valence electrons. The Morgan fingerprint density at radius 3 is 2.61 bits per heavy atom. The number of nitrogens with zero attached hydrogens (tertiary/aromatic N) is 2. The molecule has 0 aliphatic heterocycles. The molecule has 0 saturated carbocycles. The number of halogens is 1. The molecule has 0 radical (unpaired) electrons. The number of nitrogens with one attached hydrogen (secondary N) is 1. The number of hydrogen-bond donors (Lipinski definition) is 1. The van der Waals surface area contributed by atoms with Gasteiger partial charge in [-0.15, -0.1) is 0 Å². The van der Waals surface area contributed by atoms with Gasteiger partial charge in [0.1, 0.15) is 0 Å². The molecule has 10 heteroatoms. The fourth-order valence-corrected chi connectivity index (χ4v) is 3.56. The average molecular weight is 516 g/mol. The second kappa shape index (κ2) is 10.3. The number of methoxy groups -OCH3 is 1. The van der Waals surface area contributed by atoms with Crippen molar-refractivity contribution in [2.75, 3.05) is 19.0 Å². The van der Waals surface area contributed by atoms with Crippen molar-refractivity contribution >= 4 is 45.4 Å². The average Bonchev–Trinajstić information content (AvgIpc) is 3.15. The highest BCUT2D eigenvalue weighted by Gasteiger charge is 2.22. The normalized spacial score (nSPS) is 10.9. The topological polar surface area (TPSA) is 117 Å². The largest absolute Gasteiger partial charge is 0.493 e. The van der Waals surface area contributed by atoms with E-state index in [0.29, 0.717) is 22.7 Å². The van der Waals surface area contributed by atoms with Gasteiger partial charge in [-0.05, 0) is 83.7 Å². The minimum atomic E-state index is -0.537. The number of ether oxygens (including phenoxy) is 2. The molecule has 0 fully saturated rings. The van der Waals surface area contributed by atoms with E-state index in [-0.39, 0.29) is 29.7 Å². The Balaban J connectivity index is 1.68. The van der Waals surface area contributed by atoms with E-state index in [4.69, 9.17) is 14.0 Å². The highest BCUT2D eigenvalue weighted by molar-refractivity contribution is 9.10. The van der Waals surface area contributed by atoms with Gasteiger partial charge in [-0.1, -0.05) is 17.3 Å². The highest BCUT2D eigenvalue weighted by atomic mass is 79.9. The van der Waals surface area contributed by atoms with Crippen molar-refractivity contribution in [1.29, 1.82) is 0 Å². The smallest absolute Gasteiger partial charge is 0.338 e. The van der Waals surface area contributed by atoms with E-state index < -0.39 is 4.92 Å². The van der Waals surface area contributed by atoms with E-state index in [9.17, 15) is 14.9 Å². The zero-order chi connectivity index (χ0) is 24.1. The Morgan fingerprint density at radius 1 is 1.18 bits per heavy atom. The molecule has 1 N–H and O–H groups in total. The minimum absolute atomic E-state index is 0.0472. The van der Waals surface area contributed by atoms with Crippen LogP contribution in [0, 0.1) is 30.9 Å². The van der Waals surface area contributed by atoms with Gasteiger partial charge in [0.25, 0.3) is 5.91 Å². The van der Waals surface area contributed by atoms with Gasteiger partial charge in [0.15, 0.2) is 23.8 Å². The van der Waals surface area contributed by atoms with Crippen LogP contribution in [0.4, 0.5) is 11.4 Å². The Hall–Kier alpha value is -3.66. The second-order valence-electron chi connectivity index (χ2n) is 7.23. The molecule has 1 aromatic heterocycles. The molecule has 0 aliphatic rings. The van der Waals surface area contributed by atoms with E-state index >= 15 is 0 Å². The van der Waals surface area contributed by atoms with Crippen LogP contribution >= 0.6 is 15.9 Å². The third-order valence-corrected chi connectivity index (χ3v) is 5.53. The highest BCUT2D eigenvalue weighted by Crippen LogP contribution is 2.30. The molecule has 0 bridgehead atoms. The first-order chi connectivity index (χ1) is 15.7. The summed E-state index contributed by atoms with van der Waals surface area (Å²) in [6.45, 7) is 5.25. The fourth-order valence-electron chi connectivity index (χ4n) is 3.00. The van der Waals surface area contributed by atoms with Crippen molar-refractivity contribution in [3.63, 3.8) is 0 Å². The molecule has 3 aromatic rings. The van der Waals surface area contributed by atoms with Crippen molar-refractivity contribution in [1.82, 2.24) is 5.16 Å². The number of aromatic nitrogens is 1. The number of carbonyl (C=O) groups is 1. The number of amides is 1. The number of rotatable bonds is 8. The number of anilines is 1. The van der Waals surface area contributed by atoms with Crippen LogP contribution in [0.1, 0.15) is 28.1 Å². The van der Waals surface area contributed by atoms with Crippen LogP contribution in [-0.2, 0) is 4.79 Å². The maximum Gasteiger partial charge on any atom is 0.338 e. The van der Waals surface area contributed by atoms with Gasteiger partial charge in [0.2, 0.25) is 5.76 Å². The van der Waals surface area contributed by atoms with E-state index in [1.165, 1.54) is 20.1 Å². The molecule has 3 rings (SSSR count). The van der Waals surface area contributed by atoms with Crippen LogP contribution in [0.3, 0.4) is 0 Å². The van der Waals surface area contributed by atoms with Crippen LogP contribution in [0.5, 0.6) is 11.5 Å². The summed E-state index contributed by atoms with van der Waals surface area (Å²) >= 11 is 3.45. The lowest BCUT2D eigenvalue weighted by Crippen LogP contribution is -2.20. The van der Waals surface area contributed by atoms with E-state index in [0.717, 1.165) is 15.6 Å². The van der Waals surface area contributed by atoms with Crippen molar-refractivity contribution in [2.45, 2.75) is 20.8 Å². The number of nitro groups is 1. The van der Waals surface area contributed by atoms with Crippen LogP contribution in [0.25, 0.3) is 12.2 Å². The lowest BCUT2D eigenvalue weighted by Gasteiger charge is -2.13. The SMILES string of the molecule is COc1cc(C=Cc2onc(C)c2[N+](=O)[O-])ccc1OCC(=O)Nc1cc(C)c(C)cc1Br. The standard InChI is InChI=1S/C23H22BrN3O6/c1-13-9-17(24)18(10-14(13)2)25-22(28)12-32-19-7-5-16(11-21(19)31-4)6-8-20-23(27(29)30)15(3)26-33-20/h5-11H,12H2,1-4H3,(H,25,28). The summed E-state index contributed by atoms with van der Waals surface area (Å²) in [5.41, 5.74) is 3.54. The van der Waals surface area contributed by atoms with Gasteiger partial charge in [0, 0.05) is 4.47 Å². The molecule has 0 saturated heterocycles. The summed E-state index contributed by atoms with van der Waals surface area (Å²) in [6, 6.07) is 8.88. The van der Waals surface area contributed by atoms with Gasteiger partial charge < -0.3 is 19.3 Å². The van der Waals surface area contributed by atoms with Gasteiger partial charge in [0.05, 0.1) is 17.7 Å². The minimum Gasteiger partial charge on any atom is -0.493 e. The van der Waals surface area contributed by atoms with Gasteiger partial charge in [-0.2, -0.15) is 0 Å². The summed E-state index contributed by atoms with van der Waals surface area (Å²) in [4.78, 5) is 23.0. The van der Waals surface area contributed by atoms with Crippen LogP contribution in [0.2, 0.25) is 0 Å². The zero-order valence-corrected chi connectivity index (χ0v) is 20.1. The predicted octanol–water partition coefficient (Wildman–Crippen LogP) is 5.47. The predicted molar refractivity (Wildman–Crippen MR) is 128 cm³/mol. The summed E-state index contributed by atoms with van der Waals surface area (Å²) < 4.78 is 16.8. The first-order valence-corrected chi connectivity index (χ1v) is 10.6. The van der Waals surface area contributed by atoms with E-state index in [1.807, 2.05) is 26.0 Å². The lowest BCUT2D eigenvalue weighted by atomic mass is 10.1. The third kappa shape index (κ3) is 5.78. The molecule has 2 aromatic carbocycles. The Labute approximate surface area is 198 Å². The van der Waals surface area contributed by atoms with Crippen molar-refractivity contribution < 1.29 is 23.7 Å². The fraction of sp³-hybridized carbons (Fsp3) is 0.217. The van der Waals surface area contributed by atoms with Crippen LogP contribution in [-0.4, -0.2) is 29.7 Å². The summed E-state index contributed by atoms with van der Waals surface area (Å²) in [5, 5.41) is 17.6. The van der Waals surface area contributed by atoms with Crippen LogP contribution < -0.4 is 14.8 Å². The quantitative estimate of drug-likeness (QED) is 0.312. The summed E-state index contributed by atoms with van der Waals surface area (Å²) in [7, 11) is 1.48. The molecular formula is C23H22BrN3O6. The zero-order valence-electron chi connectivity index (χ0n) is 18.5. The second-order valence-corrected chi connectivity index (χ2v) is 8.09. The van der Waals surface area contributed by atoms with Crippen molar-refractivity contribution in [3.05, 3.63) is 73.1 Å². The molecule has 9 nitrogen and oxygen atoms in total. The molecule has 1 heterocycles. The summed E-state index contributed by atoms with van der Waals surface area (Å²) in [5.74, 6) is 0.509.